The lowest BCUT2D eigenvalue weighted by Gasteiger charge is -2.26. The number of alkyl halides is 3. The van der Waals surface area contributed by atoms with Gasteiger partial charge in [0.2, 0.25) is 0 Å². The zero-order chi connectivity index (χ0) is 20.9. The van der Waals surface area contributed by atoms with Crippen molar-refractivity contribution in [3.63, 3.8) is 0 Å². The summed E-state index contributed by atoms with van der Waals surface area (Å²) in [6, 6.07) is 11.5. The van der Waals surface area contributed by atoms with E-state index >= 15 is 0 Å². The van der Waals surface area contributed by atoms with Crippen LogP contribution in [0.15, 0.2) is 48.5 Å². The summed E-state index contributed by atoms with van der Waals surface area (Å²) in [6.07, 6.45) is -4.42. The van der Waals surface area contributed by atoms with Gasteiger partial charge in [-0.1, -0.05) is 44.2 Å². The highest BCUT2D eigenvalue weighted by Gasteiger charge is 2.32. The van der Waals surface area contributed by atoms with Crippen molar-refractivity contribution < 1.29 is 27.5 Å². The van der Waals surface area contributed by atoms with E-state index in [4.69, 9.17) is 4.74 Å². The maximum atomic E-state index is 12.9. The highest BCUT2D eigenvalue weighted by molar-refractivity contribution is 5.94. The van der Waals surface area contributed by atoms with Gasteiger partial charge in [-0.25, -0.2) is 0 Å². The van der Waals surface area contributed by atoms with Crippen LogP contribution < -0.4 is 10.1 Å². The van der Waals surface area contributed by atoms with Gasteiger partial charge in [0.25, 0.3) is 5.91 Å². The third-order valence-electron chi connectivity index (χ3n) is 4.31. The molecule has 4 nitrogen and oxygen atoms in total. The first-order chi connectivity index (χ1) is 13.0. The summed E-state index contributed by atoms with van der Waals surface area (Å²) in [6.45, 7) is 4.81. The number of nitrogens with one attached hydrogen (secondary N) is 1. The molecular formula is C21H22F3NO3. The van der Waals surface area contributed by atoms with E-state index in [0.29, 0.717) is 16.9 Å². The summed E-state index contributed by atoms with van der Waals surface area (Å²) in [7, 11) is 0. The smallest absolute Gasteiger partial charge is 0.416 e. The highest BCUT2D eigenvalue weighted by Crippen LogP contribution is 2.32. The molecule has 7 heteroatoms. The van der Waals surface area contributed by atoms with Crippen molar-refractivity contribution in [1.82, 2.24) is 5.32 Å². The van der Waals surface area contributed by atoms with Crippen LogP contribution in [0.3, 0.4) is 0 Å². The second kappa shape index (κ2) is 8.46. The largest absolute Gasteiger partial charge is 0.484 e. The number of ketones is 1. The SMILES string of the molecule is CC(=O)c1cccc(OCC(=O)NCC(C)(C)c2cccc(C(F)(F)F)c2)c1. The van der Waals surface area contributed by atoms with Crippen LogP contribution in [0.4, 0.5) is 13.2 Å². The van der Waals surface area contributed by atoms with Crippen LogP contribution in [-0.4, -0.2) is 24.8 Å². The topological polar surface area (TPSA) is 55.4 Å². The molecule has 1 amide bonds. The van der Waals surface area contributed by atoms with Crippen LogP contribution >= 0.6 is 0 Å². The van der Waals surface area contributed by atoms with Crippen molar-refractivity contribution in [2.45, 2.75) is 32.4 Å². The van der Waals surface area contributed by atoms with Crippen LogP contribution in [0.2, 0.25) is 0 Å². The number of carbonyl (C=O) groups excluding carboxylic acids is 2. The van der Waals surface area contributed by atoms with Crippen LogP contribution in [-0.2, 0) is 16.4 Å². The third kappa shape index (κ3) is 5.84. The van der Waals surface area contributed by atoms with Gasteiger partial charge in [0.1, 0.15) is 5.75 Å². The van der Waals surface area contributed by atoms with Gasteiger partial charge in [0.05, 0.1) is 5.56 Å². The number of hydrogen-bond acceptors (Lipinski definition) is 3. The van der Waals surface area contributed by atoms with E-state index in [9.17, 15) is 22.8 Å². The molecule has 1 N–H and O–H groups in total. The lowest BCUT2D eigenvalue weighted by atomic mass is 9.83. The molecule has 0 fully saturated rings. The number of ether oxygens (including phenoxy) is 1. The molecule has 0 aromatic heterocycles. The lowest BCUT2D eigenvalue weighted by molar-refractivity contribution is -0.137. The Bertz CT molecular complexity index is 860. The minimum Gasteiger partial charge on any atom is -0.484 e. The number of hydrogen-bond donors (Lipinski definition) is 1. The van der Waals surface area contributed by atoms with Gasteiger partial charge in [-0.2, -0.15) is 13.2 Å². The van der Waals surface area contributed by atoms with Crippen LogP contribution in [0.25, 0.3) is 0 Å². The second-order valence-corrected chi connectivity index (χ2v) is 7.11. The number of carbonyl (C=O) groups is 2. The molecule has 0 spiro atoms. The van der Waals surface area contributed by atoms with E-state index in [2.05, 4.69) is 5.32 Å². The first-order valence-corrected chi connectivity index (χ1v) is 8.67. The first kappa shape index (κ1) is 21.5. The van der Waals surface area contributed by atoms with E-state index < -0.39 is 23.1 Å². The van der Waals surface area contributed by atoms with Gasteiger partial charge in [0, 0.05) is 17.5 Å². The monoisotopic (exact) mass is 393 g/mol. The maximum Gasteiger partial charge on any atom is 0.416 e. The molecule has 2 aromatic rings. The van der Waals surface area contributed by atoms with Gasteiger partial charge >= 0.3 is 6.18 Å². The van der Waals surface area contributed by atoms with Crippen molar-refractivity contribution in [3.05, 3.63) is 65.2 Å². The van der Waals surface area contributed by atoms with E-state index in [-0.39, 0.29) is 18.9 Å². The van der Waals surface area contributed by atoms with Gasteiger partial charge in [0.15, 0.2) is 12.4 Å². The Labute approximate surface area is 161 Å². The van der Waals surface area contributed by atoms with Crippen molar-refractivity contribution in [2.75, 3.05) is 13.2 Å². The predicted octanol–water partition coefficient (Wildman–Crippen LogP) is 4.38. The Morgan fingerprint density at radius 3 is 2.29 bits per heavy atom. The Morgan fingerprint density at radius 1 is 1.00 bits per heavy atom. The van der Waals surface area contributed by atoms with Crippen LogP contribution in [0, 0.1) is 0 Å². The van der Waals surface area contributed by atoms with Gasteiger partial charge < -0.3 is 10.1 Å². The molecule has 150 valence electrons. The Morgan fingerprint density at radius 2 is 1.64 bits per heavy atom. The molecule has 0 unspecified atom stereocenters. The minimum absolute atomic E-state index is 0.113. The average molecular weight is 393 g/mol. The summed E-state index contributed by atoms with van der Waals surface area (Å²) < 4.78 is 44.1. The molecule has 2 rings (SSSR count). The standard InChI is InChI=1S/C21H22F3NO3/c1-14(26)15-6-4-9-18(10-15)28-12-19(27)25-13-20(2,3)16-7-5-8-17(11-16)21(22,23)24/h4-11H,12-13H2,1-3H3,(H,25,27). The Kier molecular flexibility index (Phi) is 6.48. The van der Waals surface area contributed by atoms with E-state index in [1.165, 1.54) is 13.0 Å². The first-order valence-electron chi connectivity index (χ1n) is 8.67. The van der Waals surface area contributed by atoms with Crippen molar-refractivity contribution >= 4 is 11.7 Å². The Hall–Kier alpha value is -2.83. The number of rotatable bonds is 7. The summed E-state index contributed by atoms with van der Waals surface area (Å²) >= 11 is 0. The fourth-order valence-corrected chi connectivity index (χ4v) is 2.54. The molecular weight excluding hydrogens is 371 g/mol. The summed E-state index contributed by atoms with van der Waals surface area (Å²) in [4.78, 5) is 23.4. The fraction of sp³-hybridized carbons (Fsp3) is 0.333. The van der Waals surface area contributed by atoms with Crippen LogP contribution in [0.1, 0.15) is 42.3 Å². The number of benzene rings is 2. The molecule has 0 radical (unpaired) electrons. The van der Waals surface area contributed by atoms with E-state index in [1.807, 2.05) is 0 Å². The summed E-state index contributed by atoms with van der Waals surface area (Å²) in [5, 5.41) is 2.68. The third-order valence-corrected chi connectivity index (χ3v) is 4.31. The quantitative estimate of drug-likeness (QED) is 0.711. The molecule has 0 saturated carbocycles. The molecule has 0 saturated heterocycles. The highest BCUT2D eigenvalue weighted by atomic mass is 19.4. The Balaban J connectivity index is 1.94. The van der Waals surface area contributed by atoms with Crippen molar-refractivity contribution in [3.8, 4) is 5.75 Å². The molecule has 0 atom stereocenters. The summed E-state index contributed by atoms with van der Waals surface area (Å²) in [5.74, 6) is -0.133. The van der Waals surface area contributed by atoms with Crippen LogP contribution in [0.5, 0.6) is 5.75 Å². The van der Waals surface area contributed by atoms with Gasteiger partial charge in [-0.3, -0.25) is 9.59 Å². The molecule has 0 aliphatic carbocycles. The van der Waals surface area contributed by atoms with Crippen molar-refractivity contribution in [1.29, 1.82) is 0 Å². The van der Waals surface area contributed by atoms with Gasteiger partial charge in [-0.15, -0.1) is 0 Å². The molecule has 28 heavy (non-hydrogen) atoms. The van der Waals surface area contributed by atoms with E-state index in [0.717, 1.165) is 12.1 Å². The maximum absolute atomic E-state index is 12.9. The van der Waals surface area contributed by atoms with E-state index in [1.54, 1.807) is 44.2 Å². The molecule has 0 bridgehead atoms. The predicted molar refractivity (Wildman–Crippen MR) is 99.4 cm³/mol. The minimum atomic E-state index is -4.42. The molecule has 2 aromatic carbocycles. The zero-order valence-electron chi connectivity index (χ0n) is 15.9. The number of amides is 1. The number of Topliss-reactive ketones (excluding diaryl/α,β-unsaturated/α-hetero) is 1. The lowest BCUT2D eigenvalue weighted by Crippen LogP contribution is -2.39. The average Bonchev–Trinajstić information content (AvgIpc) is 2.64. The summed E-state index contributed by atoms with van der Waals surface area (Å²) in [5.41, 5.74) is -0.481. The normalized spacial score (nSPS) is 11.8. The second-order valence-electron chi connectivity index (χ2n) is 7.11. The fourth-order valence-electron chi connectivity index (χ4n) is 2.54. The van der Waals surface area contributed by atoms with Crippen molar-refractivity contribution in [2.24, 2.45) is 0 Å². The molecule has 0 aliphatic heterocycles. The van der Waals surface area contributed by atoms with Gasteiger partial charge in [-0.05, 0) is 30.7 Å². The molecule has 0 heterocycles. The zero-order valence-corrected chi connectivity index (χ0v) is 15.9. The molecule has 0 aliphatic rings. The number of halogens is 3.